The van der Waals surface area contributed by atoms with Gasteiger partial charge in [0.05, 0.1) is 33.9 Å². The molecule has 0 aliphatic rings. The van der Waals surface area contributed by atoms with Crippen molar-refractivity contribution in [2.75, 3.05) is 47.6 Å². The lowest BCUT2D eigenvalue weighted by Crippen LogP contribution is -2.48. The summed E-state index contributed by atoms with van der Waals surface area (Å²) >= 11 is 0. The minimum absolute atomic E-state index is 0.0315. The monoisotopic (exact) mass is 568 g/mol. The Bertz CT molecular complexity index is 577. The van der Waals surface area contributed by atoms with Crippen LogP contribution in [0.4, 0.5) is 0 Å². The van der Waals surface area contributed by atoms with Gasteiger partial charge in [-0.05, 0) is 13.3 Å². The molecule has 0 amide bonds. The minimum atomic E-state index is -3.94. The maximum atomic E-state index is 12.8. The zero-order valence-corrected chi connectivity index (χ0v) is 26.3. The summed E-state index contributed by atoms with van der Waals surface area (Å²) in [6.45, 7) is 5.19. The summed E-state index contributed by atoms with van der Waals surface area (Å²) in [7, 11) is 1.15. The summed E-state index contributed by atoms with van der Waals surface area (Å²) in [5, 5.41) is 18.2. The topological polar surface area (TPSA) is 105 Å². The summed E-state index contributed by atoms with van der Waals surface area (Å²) in [5.41, 5.74) is 0. The maximum absolute atomic E-state index is 12.8. The summed E-state index contributed by atoms with van der Waals surface area (Å²) in [4.78, 5) is 10.5. The lowest BCUT2D eigenvalue weighted by molar-refractivity contribution is -0.901. The number of nitrogens with zero attached hydrogens (tertiary/aromatic N) is 1. The number of hydrogen-bond acceptors (Lipinski definition) is 6. The van der Waals surface area contributed by atoms with Gasteiger partial charge in [0.15, 0.2) is 12.1 Å². The fourth-order valence-electron chi connectivity index (χ4n) is 4.48. The van der Waals surface area contributed by atoms with Crippen LogP contribution in [-0.2, 0) is 18.6 Å². The average Bonchev–Trinajstić information content (AvgIpc) is 2.88. The Hall–Kier alpha value is -0.0500. The molecule has 0 radical (unpaired) electrons. The minimum Gasteiger partial charge on any atom is -0.379 e. The Morgan fingerprint density at radius 1 is 0.763 bits per heavy atom. The second-order valence-corrected chi connectivity index (χ2v) is 13.6. The van der Waals surface area contributed by atoms with Crippen molar-refractivity contribution in [2.24, 2.45) is 0 Å². The first-order valence-electron chi connectivity index (χ1n) is 15.3. The van der Waals surface area contributed by atoms with Crippen LogP contribution in [0.15, 0.2) is 0 Å². The molecule has 0 rings (SSSR count). The molecule has 9 heteroatoms. The molecule has 0 spiro atoms. The number of methoxy groups -OCH3 is 1. The van der Waals surface area contributed by atoms with Crippen molar-refractivity contribution in [3.05, 3.63) is 0 Å². The molecule has 0 fully saturated rings. The summed E-state index contributed by atoms with van der Waals surface area (Å²) in [5.74, 6) is -0.718. The Labute approximate surface area is 234 Å². The predicted molar refractivity (Wildman–Crippen MR) is 156 cm³/mol. The highest BCUT2D eigenvalue weighted by atomic mass is 31.2. The van der Waals surface area contributed by atoms with Gasteiger partial charge in [-0.1, -0.05) is 103 Å². The van der Waals surface area contributed by atoms with E-state index < -0.39 is 25.8 Å². The Balaban J connectivity index is 3.75. The summed E-state index contributed by atoms with van der Waals surface area (Å²) in [6, 6.07) is 0. The van der Waals surface area contributed by atoms with E-state index in [2.05, 4.69) is 6.92 Å². The number of ether oxygens (including phenoxy) is 2. The van der Waals surface area contributed by atoms with E-state index >= 15 is 0 Å². The Morgan fingerprint density at radius 2 is 1.21 bits per heavy atom. The molecular weight excluding hydrogens is 505 g/mol. The molecule has 3 N–H and O–H groups in total. The Morgan fingerprint density at radius 3 is 1.63 bits per heavy atom. The molecule has 0 heterocycles. The van der Waals surface area contributed by atoms with E-state index in [1.54, 1.807) is 28.1 Å². The van der Waals surface area contributed by atoms with Crippen LogP contribution in [0.1, 0.15) is 123 Å². The number of rotatable bonds is 28. The SMILES string of the molecule is CCCCCCCCCCCCCCCCCCOC[C@H](COP(=O)(O)C(C)[N+](C)(C)CCC(O)O)OC. The molecule has 0 aromatic heterocycles. The molecule has 0 aromatic carbocycles. The third kappa shape index (κ3) is 20.8. The van der Waals surface area contributed by atoms with Gasteiger partial charge in [-0.2, -0.15) is 0 Å². The van der Waals surface area contributed by atoms with Crippen molar-refractivity contribution in [3.8, 4) is 0 Å². The maximum Gasteiger partial charge on any atom is 0.384 e. The van der Waals surface area contributed by atoms with E-state index in [-0.39, 0.29) is 17.5 Å². The summed E-state index contributed by atoms with van der Waals surface area (Å²) in [6.07, 6.45) is 19.6. The van der Waals surface area contributed by atoms with Crippen LogP contribution in [-0.4, -0.2) is 85.3 Å². The van der Waals surface area contributed by atoms with Crippen LogP contribution in [0.25, 0.3) is 0 Å². The zero-order valence-electron chi connectivity index (χ0n) is 25.5. The molecule has 8 nitrogen and oxygen atoms in total. The third-order valence-corrected chi connectivity index (χ3v) is 9.76. The van der Waals surface area contributed by atoms with Crippen molar-refractivity contribution in [2.45, 2.75) is 141 Å². The van der Waals surface area contributed by atoms with Gasteiger partial charge < -0.3 is 33.6 Å². The van der Waals surface area contributed by atoms with Gasteiger partial charge in [-0.15, -0.1) is 0 Å². The van der Waals surface area contributed by atoms with Crippen LogP contribution in [0.2, 0.25) is 0 Å². The standard InChI is InChI=1S/C29H62NO7P/c1-6-7-8-9-10-11-12-13-14-15-16-17-18-19-20-21-24-36-25-28(35-5)26-37-38(33,34)27(2)30(3,4)23-22-29(31)32/h27-29,31-32H,6-26H2,1-5H3/p+1/t27?,28-/m1/s1. The van der Waals surface area contributed by atoms with Crippen LogP contribution in [0.3, 0.4) is 0 Å². The van der Waals surface area contributed by atoms with Gasteiger partial charge in [-0.3, -0.25) is 4.57 Å². The van der Waals surface area contributed by atoms with Gasteiger partial charge in [0.2, 0.25) is 0 Å². The van der Waals surface area contributed by atoms with E-state index in [0.717, 1.165) is 12.8 Å². The van der Waals surface area contributed by atoms with Crippen molar-refractivity contribution in [3.63, 3.8) is 0 Å². The van der Waals surface area contributed by atoms with Crippen LogP contribution < -0.4 is 0 Å². The molecule has 0 saturated carbocycles. The second-order valence-electron chi connectivity index (χ2n) is 11.5. The number of aliphatic hydroxyl groups excluding tert-OH is 1. The number of quaternary nitrogens is 1. The number of aliphatic hydroxyl groups is 2. The molecule has 0 aliphatic heterocycles. The van der Waals surface area contributed by atoms with Gasteiger partial charge in [0, 0.05) is 20.1 Å². The lowest BCUT2D eigenvalue weighted by Gasteiger charge is -2.37. The van der Waals surface area contributed by atoms with Crippen LogP contribution >= 0.6 is 7.60 Å². The first-order valence-corrected chi connectivity index (χ1v) is 17.0. The second kappa shape index (κ2) is 23.6. The molecule has 3 atom stereocenters. The summed E-state index contributed by atoms with van der Waals surface area (Å²) < 4.78 is 29.4. The van der Waals surface area contributed by atoms with E-state index in [9.17, 15) is 9.46 Å². The molecule has 2 unspecified atom stereocenters. The van der Waals surface area contributed by atoms with Gasteiger partial charge >= 0.3 is 7.60 Å². The fourth-order valence-corrected chi connectivity index (χ4v) is 5.98. The smallest absolute Gasteiger partial charge is 0.379 e. The van der Waals surface area contributed by atoms with Crippen LogP contribution in [0, 0.1) is 0 Å². The van der Waals surface area contributed by atoms with Crippen molar-refractivity contribution >= 4 is 7.60 Å². The highest BCUT2D eigenvalue weighted by molar-refractivity contribution is 7.53. The van der Waals surface area contributed by atoms with Gasteiger partial charge in [-0.25, -0.2) is 0 Å². The Kier molecular flexibility index (Phi) is 23.6. The number of unbranched alkanes of at least 4 members (excludes halogenated alkanes) is 15. The quantitative estimate of drug-likeness (QED) is 0.0422. The zero-order chi connectivity index (χ0) is 28.7. The van der Waals surface area contributed by atoms with Gasteiger partial charge in [0.25, 0.3) is 0 Å². The molecule has 0 aliphatic carbocycles. The average molecular weight is 569 g/mol. The van der Waals surface area contributed by atoms with Crippen LogP contribution in [0.5, 0.6) is 0 Å². The van der Waals surface area contributed by atoms with Crippen molar-refractivity contribution in [1.82, 2.24) is 0 Å². The van der Waals surface area contributed by atoms with Crippen molar-refractivity contribution < 1.29 is 38.2 Å². The van der Waals surface area contributed by atoms with E-state index in [1.165, 1.54) is 89.9 Å². The molecule has 38 heavy (non-hydrogen) atoms. The predicted octanol–water partition coefficient (Wildman–Crippen LogP) is 6.60. The molecule has 0 bridgehead atoms. The van der Waals surface area contributed by atoms with Gasteiger partial charge in [0.1, 0.15) is 6.10 Å². The largest absolute Gasteiger partial charge is 0.384 e. The highest BCUT2D eigenvalue weighted by Gasteiger charge is 2.41. The van der Waals surface area contributed by atoms with E-state index in [0.29, 0.717) is 19.8 Å². The molecular formula is C29H63NO7P+. The molecule has 230 valence electrons. The lowest BCUT2D eigenvalue weighted by atomic mass is 10.0. The molecule has 0 saturated heterocycles. The third-order valence-electron chi connectivity index (χ3n) is 7.67. The van der Waals surface area contributed by atoms with Crippen molar-refractivity contribution in [1.29, 1.82) is 0 Å². The number of hydrogen-bond donors (Lipinski definition) is 3. The first-order chi connectivity index (χ1) is 18.1. The highest BCUT2D eigenvalue weighted by Crippen LogP contribution is 2.50. The fraction of sp³-hybridized carbons (Fsp3) is 1.00. The van der Waals surface area contributed by atoms with E-state index in [1.807, 2.05) is 0 Å². The molecule has 0 aromatic rings. The first kappa shape index (κ1) is 38.0. The van der Waals surface area contributed by atoms with E-state index in [4.69, 9.17) is 24.2 Å². The normalized spacial score (nSPS) is 15.6.